The lowest BCUT2D eigenvalue weighted by Crippen LogP contribution is -2.13. The topological polar surface area (TPSA) is 59.8 Å². The van der Waals surface area contributed by atoms with Gasteiger partial charge in [0.05, 0.1) is 34.9 Å². The van der Waals surface area contributed by atoms with Crippen molar-refractivity contribution in [2.75, 3.05) is 5.32 Å². The molecule has 128 valence electrons. The molecule has 0 radical (unpaired) electrons. The number of halogens is 1. The van der Waals surface area contributed by atoms with Gasteiger partial charge in [-0.25, -0.2) is 9.07 Å². The monoisotopic (exact) mass is 346 g/mol. The number of carbonyl (C=O) groups excluding carboxylic acids is 1. The average Bonchev–Trinajstić information content (AvgIpc) is 3.03. The summed E-state index contributed by atoms with van der Waals surface area (Å²) in [6.45, 7) is 1.73. The molecule has 0 aliphatic rings. The second-order valence-corrected chi connectivity index (χ2v) is 5.88. The predicted molar refractivity (Wildman–Crippen MR) is 98.0 cm³/mol. The van der Waals surface area contributed by atoms with Gasteiger partial charge >= 0.3 is 0 Å². The summed E-state index contributed by atoms with van der Waals surface area (Å²) in [5.41, 5.74) is 2.68. The number of nitrogens with one attached hydrogen (secondary N) is 1. The highest BCUT2D eigenvalue weighted by atomic mass is 19.1. The fourth-order valence-corrected chi connectivity index (χ4v) is 2.84. The van der Waals surface area contributed by atoms with Crippen molar-refractivity contribution in [1.29, 1.82) is 0 Å². The van der Waals surface area contributed by atoms with Gasteiger partial charge in [-0.3, -0.25) is 9.78 Å². The van der Waals surface area contributed by atoms with Crippen LogP contribution in [0.1, 0.15) is 16.1 Å². The normalized spacial score (nSPS) is 10.8. The number of nitrogens with zero attached hydrogens (tertiary/aromatic N) is 3. The first-order chi connectivity index (χ1) is 12.6. The Kier molecular flexibility index (Phi) is 3.93. The number of carbonyl (C=O) groups is 1. The van der Waals surface area contributed by atoms with E-state index in [-0.39, 0.29) is 5.91 Å². The van der Waals surface area contributed by atoms with Crippen LogP contribution in [0.15, 0.2) is 67.0 Å². The van der Waals surface area contributed by atoms with Gasteiger partial charge in [-0.15, -0.1) is 0 Å². The molecule has 0 aliphatic heterocycles. The molecular formula is C20H15FN4O. The fraction of sp³-hybridized carbons (Fsp3) is 0.0500. The van der Waals surface area contributed by atoms with Crippen molar-refractivity contribution in [3.63, 3.8) is 0 Å². The maximum Gasteiger partial charge on any atom is 0.259 e. The minimum atomic E-state index is -0.399. The molecule has 0 fully saturated rings. The van der Waals surface area contributed by atoms with Crippen molar-refractivity contribution in [2.24, 2.45) is 0 Å². The molecule has 2 aromatic heterocycles. The van der Waals surface area contributed by atoms with E-state index in [9.17, 15) is 9.18 Å². The minimum Gasteiger partial charge on any atom is -0.320 e. The molecular weight excluding hydrogens is 331 g/mol. The van der Waals surface area contributed by atoms with E-state index in [4.69, 9.17) is 0 Å². The van der Waals surface area contributed by atoms with Crippen LogP contribution in [-0.2, 0) is 0 Å². The van der Waals surface area contributed by atoms with Crippen LogP contribution in [0.3, 0.4) is 0 Å². The number of rotatable bonds is 3. The van der Waals surface area contributed by atoms with E-state index in [0.29, 0.717) is 22.6 Å². The number of pyridine rings is 1. The third kappa shape index (κ3) is 2.82. The zero-order valence-corrected chi connectivity index (χ0v) is 14.0. The summed E-state index contributed by atoms with van der Waals surface area (Å²) >= 11 is 0. The lowest BCUT2D eigenvalue weighted by atomic mass is 10.2. The maximum atomic E-state index is 14.0. The highest BCUT2D eigenvalue weighted by Gasteiger charge is 2.17. The summed E-state index contributed by atoms with van der Waals surface area (Å²) in [7, 11) is 0. The van der Waals surface area contributed by atoms with E-state index in [1.165, 1.54) is 16.9 Å². The number of amides is 1. The minimum absolute atomic E-state index is 0.302. The van der Waals surface area contributed by atoms with Crippen molar-refractivity contribution >= 4 is 22.5 Å². The van der Waals surface area contributed by atoms with Crippen molar-refractivity contribution in [1.82, 2.24) is 14.8 Å². The summed E-state index contributed by atoms with van der Waals surface area (Å²) < 4.78 is 15.4. The highest BCUT2D eigenvalue weighted by molar-refractivity contribution is 6.05. The molecule has 0 atom stereocenters. The SMILES string of the molecule is Cc1c(C(=O)Nc2cnc3ccccc3c2)cnn1-c1ccccc1F. The molecule has 1 N–H and O–H groups in total. The first-order valence-corrected chi connectivity index (χ1v) is 8.09. The molecule has 1 amide bonds. The van der Waals surface area contributed by atoms with Crippen LogP contribution in [0, 0.1) is 12.7 Å². The van der Waals surface area contributed by atoms with Crippen molar-refractivity contribution in [3.05, 3.63) is 84.1 Å². The number of hydrogen-bond acceptors (Lipinski definition) is 3. The molecule has 2 aromatic carbocycles. The maximum absolute atomic E-state index is 14.0. The van der Waals surface area contributed by atoms with Crippen LogP contribution in [0.25, 0.3) is 16.6 Å². The van der Waals surface area contributed by atoms with Crippen LogP contribution < -0.4 is 5.32 Å². The van der Waals surface area contributed by atoms with Gasteiger partial charge in [-0.1, -0.05) is 30.3 Å². The van der Waals surface area contributed by atoms with Crippen molar-refractivity contribution < 1.29 is 9.18 Å². The molecule has 26 heavy (non-hydrogen) atoms. The van der Waals surface area contributed by atoms with Gasteiger partial charge in [0, 0.05) is 5.39 Å². The summed E-state index contributed by atoms with van der Waals surface area (Å²) in [6.07, 6.45) is 3.04. The number of para-hydroxylation sites is 2. The number of hydrogen-bond donors (Lipinski definition) is 1. The Balaban J connectivity index is 1.63. The van der Waals surface area contributed by atoms with Gasteiger partial charge in [-0.05, 0) is 31.2 Å². The Morgan fingerprint density at radius 1 is 1.08 bits per heavy atom. The zero-order chi connectivity index (χ0) is 18.1. The number of benzene rings is 2. The van der Waals surface area contributed by atoms with Gasteiger partial charge in [0.2, 0.25) is 0 Å². The van der Waals surface area contributed by atoms with Gasteiger partial charge in [0.15, 0.2) is 0 Å². The van der Waals surface area contributed by atoms with Gasteiger partial charge < -0.3 is 5.32 Å². The summed E-state index contributed by atoms with van der Waals surface area (Å²) in [4.78, 5) is 16.9. The molecule has 4 aromatic rings. The highest BCUT2D eigenvalue weighted by Crippen LogP contribution is 2.20. The molecule has 0 saturated carbocycles. The number of fused-ring (bicyclic) bond motifs is 1. The standard InChI is InChI=1S/C20H15FN4O/c1-13-16(12-23-25(13)19-9-5-3-7-17(19)21)20(26)24-15-10-14-6-2-4-8-18(14)22-11-15/h2-12H,1H3,(H,24,26). The Morgan fingerprint density at radius 3 is 2.69 bits per heavy atom. The average molecular weight is 346 g/mol. The van der Waals surface area contributed by atoms with Gasteiger partial charge in [0.1, 0.15) is 11.5 Å². The lowest BCUT2D eigenvalue weighted by Gasteiger charge is -2.08. The second kappa shape index (κ2) is 6.40. The van der Waals surface area contributed by atoms with Crippen LogP contribution >= 0.6 is 0 Å². The van der Waals surface area contributed by atoms with Crippen LogP contribution in [0.2, 0.25) is 0 Å². The largest absolute Gasteiger partial charge is 0.320 e. The number of anilines is 1. The van der Waals surface area contributed by atoms with E-state index in [1.54, 1.807) is 31.3 Å². The Bertz CT molecular complexity index is 1120. The third-order valence-corrected chi connectivity index (χ3v) is 4.18. The molecule has 0 spiro atoms. The third-order valence-electron chi connectivity index (χ3n) is 4.18. The smallest absolute Gasteiger partial charge is 0.259 e. The van der Waals surface area contributed by atoms with Gasteiger partial charge in [-0.2, -0.15) is 5.10 Å². The summed E-state index contributed by atoms with van der Waals surface area (Å²) in [5, 5.41) is 7.92. The lowest BCUT2D eigenvalue weighted by molar-refractivity contribution is 0.102. The van der Waals surface area contributed by atoms with E-state index in [2.05, 4.69) is 15.4 Å². The van der Waals surface area contributed by atoms with Crippen molar-refractivity contribution in [3.8, 4) is 5.69 Å². The summed E-state index contributed by atoms with van der Waals surface area (Å²) in [5.74, 6) is -0.716. The predicted octanol–water partition coefficient (Wildman–Crippen LogP) is 4.12. The van der Waals surface area contributed by atoms with E-state index in [1.807, 2.05) is 30.3 Å². The zero-order valence-electron chi connectivity index (χ0n) is 14.0. The molecule has 0 unspecified atom stereocenters. The first-order valence-electron chi connectivity index (χ1n) is 8.09. The fourth-order valence-electron chi connectivity index (χ4n) is 2.84. The molecule has 0 aliphatic carbocycles. The first kappa shape index (κ1) is 16.0. The number of aromatic nitrogens is 3. The Hall–Kier alpha value is -3.54. The Labute approximate surface area is 149 Å². The van der Waals surface area contributed by atoms with E-state index in [0.717, 1.165) is 10.9 Å². The Morgan fingerprint density at radius 2 is 1.85 bits per heavy atom. The van der Waals surface area contributed by atoms with E-state index >= 15 is 0 Å². The molecule has 2 heterocycles. The molecule has 4 rings (SSSR count). The molecule has 6 heteroatoms. The molecule has 0 bridgehead atoms. The van der Waals surface area contributed by atoms with Crippen molar-refractivity contribution in [2.45, 2.75) is 6.92 Å². The van der Waals surface area contributed by atoms with E-state index < -0.39 is 5.82 Å². The van der Waals surface area contributed by atoms with Crippen LogP contribution in [0.5, 0.6) is 0 Å². The second-order valence-electron chi connectivity index (χ2n) is 5.88. The molecule has 0 saturated heterocycles. The van der Waals surface area contributed by atoms with Crippen LogP contribution in [0.4, 0.5) is 10.1 Å². The quantitative estimate of drug-likeness (QED) is 0.607. The molecule has 5 nitrogen and oxygen atoms in total. The summed E-state index contributed by atoms with van der Waals surface area (Å²) in [6, 6.07) is 15.8. The van der Waals surface area contributed by atoms with Gasteiger partial charge in [0.25, 0.3) is 5.91 Å². The van der Waals surface area contributed by atoms with Crippen LogP contribution in [-0.4, -0.2) is 20.7 Å².